The summed E-state index contributed by atoms with van der Waals surface area (Å²) in [6.45, 7) is 4.99. The number of hydrogen-bond acceptors (Lipinski definition) is 5. The maximum Gasteiger partial charge on any atom is 0.254 e. The summed E-state index contributed by atoms with van der Waals surface area (Å²) in [4.78, 5) is 25.3. The van der Waals surface area contributed by atoms with Gasteiger partial charge in [0, 0.05) is 44.4 Å². The van der Waals surface area contributed by atoms with E-state index in [0.717, 1.165) is 44.1 Å². The van der Waals surface area contributed by atoms with Crippen LogP contribution in [-0.2, 0) is 11.2 Å². The van der Waals surface area contributed by atoms with Crippen LogP contribution in [0, 0.1) is 6.92 Å². The van der Waals surface area contributed by atoms with Crippen LogP contribution in [0.25, 0.3) is 5.78 Å². The number of amides is 1. The second kappa shape index (κ2) is 7.11. The molecule has 0 aliphatic carbocycles. The molecule has 2 aromatic heterocycles. The van der Waals surface area contributed by atoms with Crippen LogP contribution >= 0.6 is 0 Å². The molecule has 0 bridgehead atoms. The number of nitrogens with zero attached hydrogens (tertiary/aromatic N) is 6. The molecule has 1 fully saturated rings. The summed E-state index contributed by atoms with van der Waals surface area (Å²) in [5.41, 5.74) is 2.13. The first-order valence-corrected chi connectivity index (χ1v) is 8.95. The van der Waals surface area contributed by atoms with Gasteiger partial charge in [-0.05, 0) is 18.9 Å². The first-order valence-electron chi connectivity index (χ1n) is 8.95. The summed E-state index contributed by atoms with van der Waals surface area (Å²) in [7, 11) is 0. The number of aromatic nitrogens is 4. The number of fused-ring (bicyclic) bond motifs is 1. The Hall–Kier alpha value is -2.96. The molecule has 4 rings (SSSR count). The van der Waals surface area contributed by atoms with E-state index >= 15 is 0 Å². The largest absolute Gasteiger partial charge is 0.353 e. The minimum Gasteiger partial charge on any atom is -0.353 e. The van der Waals surface area contributed by atoms with Gasteiger partial charge in [-0.2, -0.15) is 14.6 Å². The first-order chi connectivity index (χ1) is 12.7. The number of rotatable bonds is 4. The quantitative estimate of drug-likeness (QED) is 0.717. The van der Waals surface area contributed by atoms with E-state index in [4.69, 9.17) is 0 Å². The molecule has 1 aliphatic rings. The second-order valence-electron chi connectivity index (χ2n) is 6.58. The molecule has 0 unspecified atom stereocenters. The molecule has 134 valence electrons. The smallest absolute Gasteiger partial charge is 0.254 e. The van der Waals surface area contributed by atoms with Crippen LogP contribution in [0.3, 0.4) is 0 Å². The Kier molecular flexibility index (Phi) is 4.51. The van der Waals surface area contributed by atoms with Gasteiger partial charge in [-0.1, -0.05) is 30.3 Å². The van der Waals surface area contributed by atoms with Crippen LogP contribution in [-0.4, -0.2) is 56.6 Å². The van der Waals surface area contributed by atoms with Crippen molar-refractivity contribution in [2.75, 3.05) is 31.1 Å². The predicted molar refractivity (Wildman–Crippen MR) is 99.1 cm³/mol. The van der Waals surface area contributed by atoms with E-state index in [1.54, 1.807) is 4.52 Å². The molecule has 3 heterocycles. The molecule has 7 nitrogen and oxygen atoms in total. The van der Waals surface area contributed by atoms with Crippen molar-refractivity contribution >= 4 is 17.5 Å². The number of carbonyl (C=O) groups excluding carboxylic acids is 1. The highest BCUT2D eigenvalue weighted by Crippen LogP contribution is 2.18. The summed E-state index contributed by atoms with van der Waals surface area (Å²) in [6, 6.07) is 12.2. The van der Waals surface area contributed by atoms with E-state index in [9.17, 15) is 4.79 Å². The van der Waals surface area contributed by atoms with Crippen molar-refractivity contribution in [2.45, 2.75) is 19.8 Å². The number of benzene rings is 1. The van der Waals surface area contributed by atoms with E-state index in [1.165, 1.54) is 11.9 Å². The molecule has 0 atom stereocenters. The molecule has 1 aromatic carbocycles. The zero-order valence-electron chi connectivity index (χ0n) is 14.9. The molecule has 1 saturated heterocycles. The van der Waals surface area contributed by atoms with Crippen LogP contribution in [0.4, 0.5) is 5.82 Å². The molecule has 0 N–H and O–H groups in total. The van der Waals surface area contributed by atoms with Crippen LogP contribution in [0.1, 0.15) is 17.7 Å². The van der Waals surface area contributed by atoms with Crippen LogP contribution in [0.2, 0.25) is 0 Å². The van der Waals surface area contributed by atoms with Crippen molar-refractivity contribution in [3.05, 3.63) is 54.0 Å². The van der Waals surface area contributed by atoms with Crippen LogP contribution < -0.4 is 4.90 Å². The minimum absolute atomic E-state index is 0.227. The molecule has 3 aromatic rings. The zero-order valence-corrected chi connectivity index (χ0v) is 14.9. The second-order valence-corrected chi connectivity index (χ2v) is 6.58. The third kappa shape index (κ3) is 3.37. The van der Waals surface area contributed by atoms with Crippen LogP contribution in [0.5, 0.6) is 0 Å². The highest BCUT2D eigenvalue weighted by atomic mass is 16.2. The molecule has 0 radical (unpaired) electrons. The van der Waals surface area contributed by atoms with Gasteiger partial charge in [-0.25, -0.2) is 4.98 Å². The Morgan fingerprint density at radius 1 is 1.12 bits per heavy atom. The molecule has 0 spiro atoms. The maximum atomic E-state index is 12.5. The lowest BCUT2D eigenvalue weighted by molar-refractivity contribution is -0.131. The van der Waals surface area contributed by atoms with Crippen molar-refractivity contribution in [3.63, 3.8) is 0 Å². The summed E-state index contributed by atoms with van der Waals surface area (Å²) in [5.74, 6) is 1.83. The SMILES string of the molecule is Cc1cc(N2CCN(C(=O)CCc3ccccc3)CC2)n2ncnc2n1. The summed E-state index contributed by atoms with van der Waals surface area (Å²) < 4.78 is 1.76. The maximum absolute atomic E-state index is 12.5. The van der Waals surface area contributed by atoms with E-state index in [0.29, 0.717) is 12.2 Å². The first kappa shape index (κ1) is 16.5. The average Bonchev–Trinajstić information content (AvgIpc) is 3.15. The average molecular weight is 350 g/mol. The number of aryl methyl sites for hydroxylation is 2. The monoisotopic (exact) mass is 350 g/mol. The normalized spacial score (nSPS) is 14.8. The van der Waals surface area contributed by atoms with Gasteiger partial charge >= 0.3 is 0 Å². The molecule has 0 saturated carbocycles. The lowest BCUT2D eigenvalue weighted by Crippen LogP contribution is -2.49. The van der Waals surface area contributed by atoms with E-state index in [-0.39, 0.29) is 5.91 Å². The fourth-order valence-electron chi connectivity index (χ4n) is 3.38. The number of anilines is 1. The zero-order chi connectivity index (χ0) is 17.9. The fourth-order valence-corrected chi connectivity index (χ4v) is 3.38. The predicted octanol–water partition coefficient (Wildman–Crippen LogP) is 1.71. The van der Waals surface area contributed by atoms with E-state index in [1.807, 2.05) is 36.1 Å². The van der Waals surface area contributed by atoms with Crippen molar-refractivity contribution in [2.24, 2.45) is 0 Å². The van der Waals surface area contributed by atoms with Gasteiger partial charge in [-0.15, -0.1) is 0 Å². The molecule has 26 heavy (non-hydrogen) atoms. The molecule has 1 aliphatic heterocycles. The van der Waals surface area contributed by atoms with Gasteiger partial charge in [0.25, 0.3) is 5.78 Å². The Balaban J connectivity index is 1.37. The fraction of sp³-hybridized carbons (Fsp3) is 0.368. The Morgan fingerprint density at radius 3 is 2.65 bits per heavy atom. The standard InChI is InChI=1S/C19H22N6O/c1-15-13-17(25-19(22-15)20-14-21-25)23-9-11-24(12-10-23)18(26)8-7-16-5-3-2-4-6-16/h2-6,13-14H,7-12H2,1H3. The highest BCUT2D eigenvalue weighted by molar-refractivity contribution is 5.76. The lowest BCUT2D eigenvalue weighted by Gasteiger charge is -2.36. The number of hydrogen-bond donors (Lipinski definition) is 0. The van der Waals surface area contributed by atoms with Crippen molar-refractivity contribution in [1.82, 2.24) is 24.5 Å². The van der Waals surface area contributed by atoms with Gasteiger partial charge in [-0.3, -0.25) is 4.79 Å². The molecule has 1 amide bonds. The van der Waals surface area contributed by atoms with Gasteiger partial charge in [0.05, 0.1) is 0 Å². The minimum atomic E-state index is 0.227. The van der Waals surface area contributed by atoms with Gasteiger partial charge in [0.15, 0.2) is 0 Å². The summed E-state index contributed by atoms with van der Waals surface area (Å²) in [5, 5.41) is 4.27. The molecular formula is C19H22N6O. The van der Waals surface area contributed by atoms with Crippen molar-refractivity contribution in [3.8, 4) is 0 Å². The van der Waals surface area contributed by atoms with Gasteiger partial charge in [0.2, 0.25) is 5.91 Å². The third-order valence-corrected chi connectivity index (χ3v) is 4.79. The van der Waals surface area contributed by atoms with Crippen LogP contribution in [0.15, 0.2) is 42.7 Å². The Labute approximate surface area is 152 Å². The topological polar surface area (TPSA) is 66.6 Å². The van der Waals surface area contributed by atoms with E-state index in [2.05, 4.69) is 32.1 Å². The van der Waals surface area contributed by atoms with Gasteiger partial charge < -0.3 is 9.80 Å². The Bertz CT molecular complexity index is 899. The van der Waals surface area contributed by atoms with E-state index < -0.39 is 0 Å². The lowest BCUT2D eigenvalue weighted by atomic mass is 10.1. The van der Waals surface area contributed by atoms with Crippen molar-refractivity contribution < 1.29 is 4.79 Å². The Morgan fingerprint density at radius 2 is 1.88 bits per heavy atom. The highest BCUT2D eigenvalue weighted by Gasteiger charge is 2.23. The molecule has 7 heteroatoms. The summed E-state index contributed by atoms with van der Waals surface area (Å²) >= 11 is 0. The molecular weight excluding hydrogens is 328 g/mol. The number of carbonyl (C=O) groups is 1. The van der Waals surface area contributed by atoms with Gasteiger partial charge in [0.1, 0.15) is 12.1 Å². The number of piperazine rings is 1. The van der Waals surface area contributed by atoms with Crippen molar-refractivity contribution in [1.29, 1.82) is 0 Å². The summed E-state index contributed by atoms with van der Waals surface area (Å²) in [6.07, 6.45) is 2.88. The third-order valence-electron chi connectivity index (χ3n) is 4.79.